The number of aliphatic hydroxyl groups is 1. The molecule has 3 rings (SSSR count). The molecule has 0 unspecified atom stereocenters. The summed E-state index contributed by atoms with van der Waals surface area (Å²) in [6.45, 7) is 10.1. The molecule has 1 aliphatic heterocycles. The Morgan fingerprint density at radius 1 is 1.15 bits per heavy atom. The predicted molar refractivity (Wildman–Crippen MR) is 138 cm³/mol. The first-order chi connectivity index (χ1) is 15.9. The van der Waals surface area contributed by atoms with Crippen LogP contribution in [0.5, 0.6) is 5.75 Å². The second-order valence-electron chi connectivity index (χ2n) is 10.2. The monoisotopic (exact) mass is 522 g/mol. The van der Waals surface area contributed by atoms with Crippen molar-refractivity contribution in [1.82, 2.24) is 9.80 Å². The number of piperidine rings is 1. The van der Waals surface area contributed by atoms with Crippen molar-refractivity contribution in [2.45, 2.75) is 84.3 Å². The highest BCUT2D eigenvalue weighted by Crippen LogP contribution is 2.32. The molecule has 6 heteroatoms. The van der Waals surface area contributed by atoms with Crippen LogP contribution in [0.3, 0.4) is 0 Å². The van der Waals surface area contributed by atoms with Gasteiger partial charge in [0.25, 0.3) is 0 Å². The Hall–Kier alpha value is -1.11. The fraction of sp³-hybridized carbons (Fsp3) is 0.741. The highest BCUT2D eigenvalue weighted by atomic mass is 79.9. The lowest BCUT2D eigenvalue weighted by Gasteiger charge is -2.37. The van der Waals surface area contributed by atoms with Crippen molar-refractivity contribution in [3.63, 3.8) is 0 Å². The van der Waals surface area contributed by atoms with Gasteiger partial charge in [0.1, 0.15) is 12.4 Å². The number of hydrogen-bond acceptors (Lipinski definition) is 4. The molecule has 0 radical (unpaired) electrons. The van der Waals surface area contributed by atoms with E-state index in [4.69, 9.17) is 4.74 Å². The van der Waals surface area contributed by atoms with Gasteiger partial charge in [0.05, 0.1) is 6.10 Å². The zero-order valence-corrected chi connectivity index (χ0v) is 22.4. The second-order valence-corrected chi connectivity index (χ2v) is 11.1. The number of ether oxygens (including phenoxy) is 1. The van der Waals surface area contributed by atoms with E-state index in [9.17, 15) is 9.90 Å². The van der Waals surface area contributed by atoms with Crippen molar-refractivity contribution < 1.29 is 14.6 Å². The summed E-state index contributed by atoms with van der Waals surface area (Å²) in [5.74, 6) is 2.38. The van der Waals surface area contributed by atoms with E-state index in [1.807, 2.05) is 17.9 Å². The zero-order valence-electron chi connectivity index (χ0n) is 20.8. The fourth-order valence-electron chi connectivity index (χ4n) is 5.62. The number of likely N-dealkylation sites (tertiary alicyclic amines) is 1. The van der Waals surface area contributed by atoms with Gasteiger partial charge in [0, 0.05) is 17.1 Å². The van der Waals surface area contributed by atoms with Crippen LogP contribution < -0.4 is 4.74 Å². The van der Waals surface area contributed by atoms with Crippen LogP contribution in [0.25, 0.3) is 0 Å². The minimum atomic E-state index is -0.363. The molecule has 0 atom stereocenters. The van der Waals surface area contributed by atoms with Gasteiger partial charge in [-0.25, -0.2) is 0 Å². The summed E-state index contributed by atoms with van der Waals surface area (Å²) in [7, 11) is 0. The lowest BCUT2D eigenvalue weighted by molar-refractivity contribution is -0.137. The molecule has 1 aromatic carbocycles. The van der Waals surface area contributed by atoms with Crippen LogP contribution in [-0.2, 0) is 11.2 Å². The number of carbonyl (C=O) groups is 1. The summed E-state index contributed by atoms with van der Waals surface area (Å²) >= 11 is 3.73. The number of rotatable bonds is 10. The van der Waals surface area contributed by atoms with Crippen LogP contribution in [0, 0.1) is 11.8 Å². The van der Waals surface area contributed by atoms with Gasteiger partial charge in [-0.3, -0.25) is 4.79 Å². The van der Waals surface area contributed by atoms with Crippen molar-refractivity contribution in [3.8, 4) is 5.75 Å². The lowest BCUT2D eigenvalue weighted by Crippen LogP contribution is -2.43. The SMILES string of the molecule is CCN(C(=O)CO)C1CCC(CCN2CCC(Cc3cc(OC(C)C)ccc3Br)CC2)CC1. The minimum absolute atomic E-state index is 0.116. The van der Waals surface area contributed by atoms with Crippen LogP contribution in [0.2, 0.25) is 0 Å². The highest BCUT2D eigenvalue weighted by Gasteiger charge is 2.28. The number of nitrogens with zero attached hydrogens (tertiary/aromatic N) is 2. The first-order valence-corrected chi connectivity index (χ1v) is 13.8. The van der Waals surface area contributed by atoms with Crippen molar-refractivity contribution in [1.29, 1.82) is 0 Å². The number of aliphatic hydroxyl groups excluding tert-OH is 1. The second kappa shape index (κ2) is 13.1. The Bertz CT molecular complexity index is 741. The normalized spacial score (nSPS) is 22.5. The third-order valence-corrected chi connectivity index (χ3v) is 8.29. The number of likely N-dealkylation sites (N-methyl/N-ethyl adjacent to an activating group) is 1. The van der Waals surface area contributed by atoms with E-state index in [-0.39, 0.29) is 18.6 Å². The molecule has 2 fully saturated rings. The van der Waals surface area contributed by atoms with Gasteiger partial charge in [0.15, 0.2) is 0 Å². The van der Waals surface area contributed by atoms with E-state index in [1.54, 1.807) is 0 Å². The maximum Gasteiger partial charge on any atom is 0.248 e. The molecule has 1 saturated heterocycles. The van der Waals surface area contributed by atoms with Crippen molar-refractivity contribution in [3.05, 3.63) is 28.2 Å². The Labute approximate surface area is 209 Å². The standard InChI is InChI=1S/C27H43BrN2O3/c1-4-30(27(32)19-31)24-7-5-21(6-8-24)11-14-29-15-12-22(13-16-29)17-23-18-25(33-20(2)3)9-10-26(23)28/h9-10,18,20-22,24,31H,4-8,11-17,19H2,1-3H3. The van der Waals surface area contributed by atoms with E-state index in [2.05, 4.69) is 46.8 Å². The van der Waals surface area contributed by atoms with E-state index in [0.29, 0.717) is 12.6 Å². The summed E-state index contributed by atoms with van der Waals surface area (Å²) in [6.07, 6.45) is 9.71. The third kappa shape index (κ3) is 7.97. The van der Waals surface area contributed by atoms with Crippen LogP contribution in [0.4, 0.5) is 0 Å². The first kappa shape index (κ1) is 26.5. The van der Waals surface area contributed by atoms with Gasteiger partial charge in [-0.1, -0.05) is 15.9 Å². The molecule has 0 aromatic heterocycles. The molecule has 1 N–H and O–H groups in total. The predicted octanol–water partition coefficient (Wildman–Crippen LogP) is 5.28. The van der Waals surface area contributed by atoms with Gasteiger partial charge in [-0.05, 0) is 127 Å². The van der Waals surface area contributed by atoms with Gasteiger partial charge >= 0.3 is 0 Å². The summed E-state index contributed by atoms with van der Waals surface area (Å²) < 4.78 is 7.08. The molecule has 186 valence electrons. The molecule has 0 bridgehead atoms. The summed E-state index contributed by atoms with van der Waals surface area (Å²) in [4.78, 5) is 16.5. The molecule has 1 saturated carbocycles. The largest absolute Gasteiger partial charge is 0.491 e. The quantitative estimate of drug-likeness (QED) is 0.454. The van der Waals surface area contributed by atoms with Crippen LogP contribution in [0.15, 0.2) is 22.7 Å². The molecule has 0 spiro atoms. The van der Waals surface area contributed by atoms with E-state index in [1.165, 1.54) is 61.8 Å². The first-order valence-electron chi connectivity index (χ1n) is 13.0. The zero-order chi connectivity index (χ0) is 23.8. The van der Waals surface area contributed by atoms with Gasteiger partial charge in [-0.2, -0.15) is 0 Å². The third-order valence-electron chi connectivity index (χ3n) is 7.51. The van der Waals surface area contributed by atoms with Crippen molar-refractivity contribution in [2.75, 3.05) is 32.8 Å². The van der Waals surface area contributed by atoms with Crippen molar-refractivity contribution >= 4 is 21.8 Å². The molecule has 1 amide bonds. The number of hydrogen-bond donors (Lipinski definition) is 1. The van der Waals surface area contributed by atoms with E-state index in [0.717, 1.165) is 36.8 Å². The Balaban J connectivity index is 1.37. The summed E-state index contributed by atoms with van der Waals surface area (Å²) in [6, 6.07) is 6.70. The smallest absolute Gasteiger partial charge is 0.248 e. The number of halogens is 1. The van der Waals surface area contributed by atoms with E-state index < -0.39 is 0 Å². The van der Waals surface area contributed by atoms with Gasteiger partial charge in [0.2, 0.25) is 5.91 Å². The lowest BCUT2D eigenvalue weighted by atomic mass is 9.83. The average molecular weight is 524 g/mol. The molecule has 2 aliphatic rings. The molecule has 1 aromatic rings. The molecule has 1 heterocycles. The minimum Gasteiger partial charge on any atom is -0.491 e. The molecular formula is C27H43BrN2O3. The van der Waals surface area contributed by atoms with Gasteiger partial charge < -0.3 is 19.6 Å². The molecule has 33 heavy (non-hydrogen) atoms. The molecule has 1 aliphatic carbocycles. The number of carbonyl (C=O) groups excluding carboxylic acids is 1. The van der Waals surface area contributed by atoms with Crippen LogP contribution >= 0.6 is 15.9 Å². The number of benzene rings is 1. The Morgan fingerprint density at radius 2 is 1.85 bits per heavy atom. The summed E-state index contributed by atoms with van der Waals surface area (Å²) in [5.41, 5.74) is 1.36. The fourth-order valence-corrected chi connectivity index (χ4v) is 6.03. The highest BCUT2D eigenvalue weighted by molar-refractivity contribution is 9.10. The van der Waals surface area contributed by atoms with Crippen molar-refractivity contribution in [2.24, 2.45) is 11.8 Å². The Morgan fingerprint density at radius 3 is 2.45 bits per heavy atom. The van der Waals surface area contributed by atoms with E-state index >= 15 is 0 Å². The maximum absolute atomic E-state index is 11.9. The maximum atomic E-state index is 11.9. The average Bonchev–Trinajstić information content (AvgIpc) is 2.81. The Kier molecular flexibility index (Phi) is 10.5. The summed E-state index contributed by atoms with van der Waals surface area (Å²) in [5, 5.41) is 9.20. The van der Waals surface area contributed by atoms with Gasteiger partial charge in [-0.15, -0.1) is 0 Å². The van der Waals surface area contributed by atoms with Crippen LogP contribution in [-0.4, -0.2) is 65.7 Å². The molecular weight excluding hydrogens is 480 g/mol. The molecule has 5 nitrogen and oxygen atoms in total. The van der Waals surface area contributed by atoms with Crippen LogP contribution in [0.1, 0.15) is 71.3 Å². The topological polar surface area (TPSA) is 53.0 Å². The number of amides is 1.